The van der Waals surface area contributed by atoms with E-state index in [1.165, 1.54) is 5.69 Å². The first-order chi connectivity index (χ1) is 13.7. The van der Waals surface area contributed by atoms with Gasteiger partial charge < -0.3 is 14.5 Å². The highest BCUT2D eigenvalue weighted by Gasteiger charge is 2.15. The zero-order chi connectivity index (χ0) is 19.5. The minimum absolute atomic E-state index is 0.0230. The van der Waals surface area contributed by atoms with Gasteiger partial charge in [-0.05, 0) is 42.8 Å². The minimum Gasteiger partial charge on any atom is -0.378 e. The number of carbonyl (C=O) groups excluding carboxylic acids is 1. The normalized spacial score (nSPS) is 14.4. The van der Waals surface area contributed by atoms with Gasteiger partial charge in [-0.15, -0.1) is 5.10 Å². The van der Waals surface area contributed by atoms with E-state index >= 15 is 0 Å². The molecule has 0 N–H and O–H groups in total. The van der Waals surface area contributed by atoms with Crippen LogP contribution in [-0.4, -0.2) is 59.2 Å². The van der Waals surface area contributed by atoms with Gasteiger partial charge in [0.25, 0.3) is 5.91 Å². The molecule has 1 aliphatic heterocycles. The van der Waals surface area contributed by atoms with E-state index in [1.54, 1.807) is 4.90 Å². The van der Waals surface area contributed by atoms with Gasteiger partial charge in [-0.1, -0.05) is 17.3 Å². The lowest BCUT2D eigenvalue weighted by atomic mass is 10.1. The molecule has 3 aromatic rings. The van der Waals surface area contributed by atoms with Crippen molar-refractivity contribution in [3.63, 3.8) is 0 Å². The first-order valence-electron chi connectivity index (χ1n) is 9.66. The molecule has 0 atom stereocenters. The molecule has 0 spiro atoms. The third kappa shape index (κ3) is 3.71. The Morgan fingerprint density at radius 1 is 1.14 bits per heavy atom. The van der Waals surface area contributed by atoms with Crippen molar-refractivity contribution in [2.75, 3.05) is 38.3 Å². The van der Waals surface area contributed by atoms with Crippen LogP contribution in [-0.2, 0) is 17.8 Å². The quantitative estimate of drug-likeness (QED) is 0.682. The molecule has 2 aromatic carbocycles. The first-order valence-corrected chi connectivity index (χ1v) is 9.66. The number of carbonyl (C=O) groups is 1. The lowest BCUT2D eigenvalue weighted by Gasteiger charge is -2.29. The van der Waals surface area contributed by atoms with Crippen LogP contribution < -0.4 is 4.90 Å². The van der Waals surface area contributed by atoms with Crippen molar-refractivity contribution < 1.29 is 9.53 Å². The summed E-state index contributed by atoms with van der Waals surface area (Å²) in [7, 11) is 1.82. The SMILES string of the molecule is CCn1nnc2cc(C(=O)N(C)Cc3ccc(N4CCOCC4)cc3)ccc21. The Bertz CT molecular complexity index is 961. The van der Waals surface area contributed by atoms with Crippen LogP contribution >= 0.6 is 0 Å². The summed E-state index contributed by atoms with van der Waals surface area (Å²) in [6, 6.07) is 14.0. The van der Waals surface area contributed by atoms with Crippen LogP contribution in [0.3, 0.4) is 0 Å². The smallest absolute Gasteiger partial charge is 0.253 e. The number of nitrogens with zero attached hydrogens (tertiary/aromatic N) is 5. The predicted molar refractivity (Wildman–Crippen MR) is 108 cm³/mol. The summed E-state index contributed by atoms with van der Waals surface area (Å²) in [5, 5.41) is 8.26. The zero-order valence-electron chi connectivity index (χ0n) is 16.3. The fourth-order valence-corrected chi connectivity index (χ4v) is 3.54. The Kier molecular flexibility index (Phi) is 5.25. The lowest BCUT2D eigenvalue weighted by molar-refractivity contribution is 0.0785. The fraction of sp³-hybridized carbons (Fsp3) is 0.381. The summed E-state index contributed by atoms with van der Waals surface area (Å²) in [4.78, 5) is 16.9. The zero-order valence-corrected chi connectivity index (χ0v) is 16.3. The number of ether oxygens (including phenoxy) is 1. The number of rotatable bonds is 5. The highest BCUT2D eigenvalue weighted by atomic mass is 16.5. The fourth-order valence-electron chi connectivity index (χ4n) is 3.54. The number of hydrogen-bond donors (Lipinski definition) is 0. The summed E-state index contributed by atoms with van der Waals surface area (Å²) < 4.78 is 7.23. The molecule has 0 unspecified atom stereocenters. The molecule has 1 fully saturated rings. The standard InChI is InChI=1S/C21H25N5O2/c1-3-26-20-9-6-17(14-19(20)22-23-26)21(27)24(2)15-16-4-7-18(8-5-16)25-10-12-28-13-11-25/h4-9,14H,3,10-13,15H2,1-2H3. The molecule has 4 rings (SSSR count). The van der Waals surface area contributed by atoms with Crippen molar-refractivity contribution >= 4 is 22.6 Å². The average Bonchev–Trinajstić information content (AvgIpc) is 3.16. The van der Waals surface area contributed by atoms with Gasteiger partial charge in [0.2, 0.25) is 0 Å². The van der Waals surface area contributed by atoms with Crippen LogP contribution in [0.4, 0.5) is 5.69 Å². The summed E-state index contributed by atoms with van der Waals surface area (Å²) in [5.74, 6) is -0.0230. The Balaban J connectivity index is 1.44. The van der Waals surface area contributed by atoms with Crippen LogP contribution in [0.25, 0.3) is 11.0 Å². The van der Waals surface area contributed by atoms with Crippen LogP contribution in [0.1, 0.15) is 22.8 Å². The lowest BCUT2D eigenvalue weighted by Crippen LogP contribution is -2.36. The van der Waals surface area contributed by atoms with Gasteiger partial charge in [-0.2, -0.15) is 0 Å². The van der Waals surface area contributed by atoms with Crippen molar-refractivity contribution in [1.29, 1.82) is 0 Å². The molecule has 1 saturated heterocycles. The largest absolute Gasteiger partial charge is 0.378 e. The number of anilines is 1. The molecule has 1 aliphatic rings. The van der Waals surface area contributed by atoms with Crippen LogP contribution in [0.15, 0.2) is 42.5 Å². The van der Waals surface area contributed by atoms with Crippen molar-refractivity contribution in [1.82, 2.24) is 19.9 Å². The van der Waals surface area contributed by atoms with E-state index in [2.05, 4.69) is 39.5 Å². The van der Waals surface area contributed by atoms with E-state index in [1.807, 2.05) is 36.9 Å². The topological polar surface area (TPSA) is 63.5 Å². The minimum atomic E-state index is -0.0230. The van der Waals surface area contributed by atoms with Crippen molar-refractivity contribution in [3.05, 3.63) is 53.6 Å². The van der Waals surface area contributed by atoms with E-state index in [9.17, 15) is 4.79 Å². The molecule has 7 heteroatoms. The molecule has 1 amide bonds. The Labute approximate surface area is 164 Å². The molecule has 0 saturated carbocycles. The van der Waals surface area contributed by atoms with Crippen LogP contribution in [0.5, 0.6) is 0 Å². The van der Waals surface area contributed by atoms with E-state index < -0.39 is 0 Å². The maximum absolute atomic E-state index is 12.8. The third-order valence-electron chi connectivity index (χ3n) is 5.14. The Morgan fingerprint density at radius 3 is 2.61 bits per heavy atom. The van der Waals surface area contributed by atoms with Gasteiger partial charge >= 0.3 is 0 Å². The van der Waals surface area contributed by atoms with E-state index in [0.29, 0.717) is 12.1 Å². The molecule has 28 heavy (non-hydrogen) atoms. The predicted octanol–water partition coefficient (Wildman–Crippen LogP) is 2.56. The van der Waals surface area contributed by atoms with Crippen molar-refractivity contribution in [2.45, 2.75) is 20.0 Å². The number of hydrogen-bond acceptors (Lipinski definition) is 5. The van der Waals surface area contributed by atoms with Crippen LogP contribution in [0, 0.1) is 0 Å². The molecule has 7 nitrogen and oxygen atoms in total. The molecule has 0 radical (unpaired) electrons. The number of aryl methyl sites for hydroxylation is 1. The molecule has 1 aromatic heterocycles. The summed E-state index contributed by atoms with van der Waals surface area (Å²) in [6.45, 7) is 6.72. The van der Waals surface area contributed by atoms with Gasteiger partial charge in [0, 0.05) is 44.5 Å². The molecule has 146 valence electrons. The summed E-state index contributed by atoms with van der Waals surface area (Å²) in [6.07, 6.45) is 0. The molecular formula is C21H25N5O2. The molecule has 0 bridgehead atoms. The van der Waals surface area contributed by atoms with Crippen LogP contribution in [0.2, 0.25) is 0 Å². The second-order valence-corrected chi connectivity index (χ2v) is 7.04. The highest BCUT2D eigenvalue weighted by Crippen LogP contribution is 2.19. The Hall–Kier alpha value is -2.93. The maximum atomic E-state index is 12.8. The maximum Gasteiger partial charge on any atom is 0.253 e. The molecular weight excluding hydrogens is 354 g/mol. The van der Waals surface area contributed by atoms with Gasteiger partial charge in [0.15, 0.2) is 0 Å². The van der Waals surface area contributed by atoms with Gasteiger partial charge in [-0.3, -0.25) is 4.79 Å². The third-order valence-corrected chi connectivity index (χ3v) is 5.14. The Morgan fingerprint density at radius 2 is 1.89 bits per heavy atom. The van der Waals surface area contributed by atoms with Crippen molar-refractivity contribution in [3.8, 4) is 0 Å². The summed E-state index contributed by atoms with van der Waals surface area (Å²) in [5.41, 5.74) is 4.62. The van der Waals surface area contributed by atoms with Gasteiger partial charge in [-0.25, -0.2) is 4.68 Å². The summed E-state index contributed by atoms with van der Waals surface area (Å²) >= 11 is 0. The van der Waals surface area contributed by atoms with Crippen molar-refractivity contribution in [2.24, 2.45) is 0 Å². The second-order valence-electron chi connectivity index (χ2n) is 7.04. The van der Waals surface area contributed by atoms with E-state index in [4.69, 9.17) is 4.74 Å². The highest BCUT2D eigenvalue weighted by molar-refractivity contribution is 5.97. The van der Waals surface area contributed by atoms with Gasteiger partial charge in [0.05, 0.1) is 18.7 Å². The average molecular weight is 379 g/mol. The molecule has 0 aliphatic carbocycles. The number of amides is 1. The van der Waals surface area contributed by atoms with E-state index in [-0.39, 0.29) is 5.91 Å². The number of morpholine rings is 1. The number of fused-ring (bicyclic) bond motifs is 1. The molecule has 2 heterocycles. The number of aromatic nitrogens is 3. The second kappa shape index (κ2) is 7.98. The monoisotopic (exact) mass is 379 g/mol. The first kappa shape index (κ1) is 18.4. The van der Waals surface area contributed by atoms with E-state index in [0.717, 1.165) is 49.4 Å². The number of benzene rings is 2. The van der Waals surface area contributed by atoms with Gasteiger partial charge in [0.1, 0.15) is 5.52 Å².